The molecule has 1 aromatic carbocycles. The number of nitrogens with one attached hydrogen (secondary N) is 1. The predicted molar refractivity (Wildman–Crippen MR) is 70.0 cm³/mol. The van der Waals surface area contributed by atoms with E-state index in [2.05, 4.69) is 5.32 Å². The van der Waals surface area contributed by atoms with Crippen LogP contribution in [0.3, 0.4) is 0 Å². The number of alkyl halides is 3. The van der Waals surface area contributed by atoms with Crippen molar-refractivity contribution in [2.45, 2.75) is 38.3 Å². The van der Waals surface area contributed by atoms with Crippen LogP contribution in [0.2, 0.25) is 0 Å². The quantitative estimate of drug-likeness (QED) is 0.816. The fraction of sp³-hybridized carbons (Fsp3) is 0.600. The molecule has 5 heteroatoms. The molecule has 0 spiro atoms. The number of hydrogen-bond donors (Lipinski definition) is 1. The topological polar surface area (TPSA) is 12.0 Å². The molecule has 0 bridgehead atoms. The van der Waals surface area contributed by atoms with Crippen LogP contribution in [0.4, 0.5) is 17.6 Å². The summed E-state index contributed by atoms with van der Waals surface area (Å²) >= 11 is 0. The van der Waals surface area contributed by atoms with Crippen LogP contribution in [-0.2, 0) is 6.18 Å². The van der Waals surface area contributed by atoms with Gasteiger partial charge in [-0.15, -0.1) is 0 Å². The molecule has 2 unspecified atom stereocenters. The second-order valence-electron chi connectivity index (χ2n) is 5.38. The normalized spacial score (nSPS) is 23.9. The fourth-order valence-corrected chi connectivity index (χ4v) is 3.10. The minimum absolute atomic E-state index is 0.145. The highest BCUT2D eigenvalue weighted by Gasteiger charge is 2.37. The number of benzene rings is 1. The van der Waals surface area contributed by atoms with E-state index in [0.717, 1.165) is 25.5 Å². The molecule has 0 amide bonds. The molecular formula is C15H19F4N. The summed E-state index contributed by atoms with van der Waals surface area (Å²) in [7, 11) is 0. The minimum Gasteiger partial charge on any atom is -0.316 e. The van der Waals surface area contributed by atoms with Crippen molar-refractivity contribution in [2.75, 3.05) is 13.1 Å². The van der Waals surface area contributed by atoms with Gasteiger partial charge in [0.25, 0.3) is 0 Å². The standard InChI is InChI=1S/C15H19F4N/c1-2-3-10-9-20-7-6-12(10)13-5-4-11(16)8-14(13)15(17,18)19/h4-5,8,10,12,20H,2-3,6-7,9H2,1H3. The van der Waals surface area contributed by atoms with Gasteiger partial charge in [-0.3, -0.25) is 0 Å². The van der Waals surface area contributed by atoms with Gasteiger partial charge in [-0.05, 0) is 55.5 Å². The summed E-state index contributed by atoms with van der Waals surface area (Å²) in [5.41, 5.74) is -0.565. The summed E-state index contributed by atoms with van der Waals surface area (Å²) < 4.78 is 52.5. The van der Waals surface area contributed by atoms with E-state index in [9.17, 15) is 17.6 Å². The van der Waals surface area contributed by atoms with Crippen molar-refractivity contribution in [1.29, 1.82) is 0 Å². The zero-order chi connectivity index (χ0) is 14.8. The SMILES string of the molecule is CCCC1CNCCC1c1ccc(F)cc1C(F)(F)F. The van der Waals surface area contributed by atoms with Crippen LogP contribution in [0.25, 0.3) is 0 Å². The Labute approximate surface area is 116 Å². The summed E-state index contributed by atoms with van der Waals surface area (Å²) in [5, 5.41) is 3.23. The van der Waals surface area contributed by atoms with E-state index in [0.29, 0.717) is 19.0 Å². The Hall–Kier alpha value is -1.10. The molecule has 1 nitrogen and oxygen atoms in total. The molecule has 2 atom stereocenters. The highest BCUT2D eigenvalue weighted by molar-refractivity contribution is 5.34. The van der Waals surface area contributed by atoms with Crippen LogP contribution in [0.5, 0.6) is 0 Å². The molecule has 20 heavy (non-hydrogen) atoms. The average molecular weight is 289 g/mol. The van der Waals surface area contributed by atoms with Crippen molar-refractivity contribution >= 4 is 0 Å². The predicted octanol–water partition coefficient (Wildman–Crippen LogP) is 4.34. The average Bonchev–Trinajstić information content (AvgIpc) is 2.39. The first-order valence-electron chi connectivity index (χ1n) is 7.00. The molecule has 1 N–H and O–H groups in total. The van der Waals surface area contributed by atoms with Gasteiger partial charge in [0.05, 0.1) is 5.56 Å². The monoisotopic (exact) mass is 289 g/mol. The smallest absolute Gasteiger partial charge is 0.316 e. The number of piperidine rings is 1. The van der Waals surface area contributed by atoms with Crippen molar-refractivity contribution < 1.29 is 17.6 Å². The molecule has 0 aliphatic carbocycles. The molecule has 1 aliphatic rings. The van der Waals surface area contributed by atoms with E-state index in [1.54, 1.807) is 0 Å². The zero-order valence-corrected chi connectivity index (χ0v) is 11.4. The lowest BCUT2D eigenvalue weighted by Crippen LogP contribution is -2.36. The number of halogens is 4. The van der Waals surface area contributed by atoms with Crippen molar-refractivity contribution in [3.8, 4) is 0 Å². The van der Waals surface area contributed by atoms with Crippen LogP contribution in [0, 0.1) is 11.7 Å². The van der Waals surface area contributed by atoms with Crippen LogP contribution in [0.1, 0.15) is 43.2 Å². The van der Waals surface area contributed by atoms with E-state index in [1.165, 1.54) is 6.07 Å². The first-order chi connectivity index (χ1) is 9.43. The van der Waals surface area contributed by atoms with Gasteiger partial charge < -0.3 is 5.32 Å². The lowest BCUT2D eigenvalue weighted by Gasteiger charge is -2.34. The van der Waals surface area contributed by atoms with Crippen molar-refractivity contribution in [3.63, 3.8) is 0 Å². The van der Waals surface area contributed by atoms with Crippen LogP contribution < -0.4 is 5.32 Å². The largest absolute Gasteiger partial charge is 0.416 e. The van der Waals surface area contributed by atoms with Crippen LogP contribution in [-0.4, -0.2) is 13.1 Å². The van der Waals surface area contributed by atoms with Gasteiger partial charge in [0.1, 0.15) is 5.82 Å². The Morgan fingerprint density at radius 1 is 1.30 bits per heavy atom. The summed E-state index contributed by atoms with van der Waals surface area (Å²) in [5.74, 6) is -0.796. The molecule has 0 saturated carbocycles. The van der Waals surface area contributed by atoms with E-state index in [-0.39, 0.29) is 17.4 Å². The summed E-state index contributed by atoms with van der Waals surface area (Å²) in [6, 6.07) is 3.08. The highest BCUT2D eigenvalue weighted by atomic mass is 19.4. The van der Waals surface area contributed by atoms with Gasteiger partial charge in [0.2, 0.25) is 0 Å². The Balaban J connectivity index is 2.39. The third-order valence-corrected chi connectivity index (χ3v) is 3.99. The van der Waals surface area contributed by atoms with Crippen LogP contribution in [0.15, 0.2) is 18.2 Å². The number of hydrogen-bond acceptors (Lipinski definition) is 1. The molecule has 1 heterocycles. The molecule has 1 aliphatic heterocycles. The second-order valence-corrected chi connectivity index (χ2v) is 5.38. The third kappa shape index (κ3) is 3.32. The molecule has 0 radical (unpaired) electrons. The van der Waals surface area contributed by atoms with Gasteiger partial charge in [-0.25, -0.2) is 4.39 Å². The summed E-state index contributed by atoms with van der Waals surface area (Å²) in [6.45, 7) is 3.47. The zero-order valence-electron chi connectivity index (χ0n) is 11.4. The fourth-order valence-electron chi connectivity index (χ4n) is 3.10. The van der Waals surface area contributed by atoms with Gasteiger partial charge in [0.15, 0.2) is 0 Å². The van der Waals surface area contributed by atoms with Crippen LogP contribution >= 0.6 is 0 Å². The minimum atomic E-state index is -4.50. The Kier molecular flexibility index (Phi) is 4.68. The maximum absolute atomic E-state index is 13.2. The first kappa shape index (κ1) is 15.3. The first-order valence-corrected chi connectivity index (χ1v) is 7.00. The lowest BCUT2D eigenvalue weighted by atomic mass is 9.77. The van der Waals surface area contributed by atoms with E-state index in [1.807, 2.05) is 6.92 Å². The van der Waals surface area contributed by atoms with Gasteiger partial charge in [-0.1, -0.05) is 19.4 Å². The molecule has 2 rings (SSSR count). The van der Waals surface area contributed by atoms with Crippen molar-refractivity contribution in [3.05, 3.63) is 35.1 Å². The second kappa shape index (κ2) is 6.12. The molecule has 1 fully saturated rings. The molecule has 1 saturated heterocycles. The lowest BCUT2D eigenvalue weighted by molar-refractivity contribution is -0.138. The number of rotatable bonds is 3. The Morgan fingerprint density at radius 3 is 2.70 bits per heavy atom. The maximum atomic E-state index is 13.2. The maximum Gasteiger partial charge on any atom is 0.416 e. The van der Waals surface area contributed by atoms with Gasteiger partial charge in [0, 0.05) is 0 Å². The van der Waals surface area contributed by atoms with Crippen molar-refractivity contribution in [1.82, 2.24) is 5.32 Å². The van der Waals surface area contributed by atoms with Gasteiger partial charge >= 0.3 is 6.18 Å². The molecular weight excluding hydrogens is 270 g/mol. The van der Waals surface area contributed by atoms with Gasteiger partial charge in [-0.2, -0.15) is 13.2 Å². The summed E-state index contributed by atoms with van der Waals surface area (Å²) in [6.07, 6.45) is -2.02. The van der Waals surface area contributed by atoms with E-state index in [4.69, 9.17) is 0 Å². The Bertz CT molecular complexity index is 454. The van der Waals surface area contributed by atoms with E-state index >= 15 is 0 Å². The third-order valence-electron chi connectivity index (χ3n) is 3.99. The summed E-state index contributed by atoms with van der Waals surface area (Å²) in [4.78, 5) is 0. The Morgan fingerprint density at radius 2 is 2.05 bits per heavy atom. The highest BCUT2D eigenvalue weighted by Crippen LogP contribution is 2.41. The van der Waals surface area contributed by atoms with Crippen molar-refractivity contribution in [2.24, 2.45) is 5.92 Å². The molecule has 1 aromatic rings. The molecule has 112 valence electrons. The molecule has 0 aromatic heterocycles. The van der Waals surface area contributed by atoms with E-state index < -0.39 is 17.6 Å².